The molecule has 1 saturated heterocycles. The Morgan fingerprint density at radius 1 is 1.38 bits per heavy atom. The van der Waals surface area contributed by atoms with Crippen molar-refractivity contribution in [2.45, 2.75) is 12.8 Å². The maximum absolute atomic E-state index is 12.3. The summed E-state index contributed by atoms with van der Waals surface area (Å²) in [7, 11) is 3.63. The number of rotatable bonds is 7. The van der Waals surface area contributed by atoms with E-state index in [9.17, 15) is 4.79 Å². The Balaban J connectivity index is 1.83. The zero-order valence-electron chi connectivity index (χ0n) is 12.8. The Kier molecular flexibility index (Phi) is 6.21. The molecule has 0 N–H and O–H groups in total. The summed E-state index contributed by atoms with van der Waals surface area (Å²) < 4.78 is 6.00. The topological polar surface area (TPSA) is 32.8 Å². The Morgan fingerprint density at radius 3 is 2.71 bits per heavy atom. The van der Waals surface area contributed by atoms with Crippen LogP contribution in [0.1, 0.15) is 23.2 Å². The highest BCUT2D eigenvalue weighted by molar-refractivity contribution is 9.10. The van der Waals surface area contributed by atoms with E-state index >= 15 is 0 Å². The van der Waals surface area contributed by atoms with E-state index in [2.05, 4.69) is 25.7 Å². The lowest BCUT2D eigenvalue weighted by Crippen LogP contribution is -2.34. The summed E-state index contributed by atoms with van der Waals surface area (Å²) in [6.45, 7) is 4.84. The van der Waals surface area contributed by atoms with Gasteiger partial charge in [-0.05, 0) is 67.1 Å². The molecule has 1 aliphatic heterocycles. The van der Waals surface area contributed by atoms with E-state index in [1.165, 1.54) is 25.9 Å². The standard InChI is InChI=1S/C16H23BrN2O2/c1-18(9-10-19-7-3-4-8-19)12-15(20)13-5-6-16(21-2)14(17)11-13/h5-6,11H,3-4,7-10,12H2,1-2H3. The third kappa shape index (κ3) is 4.80. The Morgan fingerprint density at radius 2 is 2.10 bits per heavy atom. The summed E-state index contributed by atoms with van der Waals surface area (Å²) >= 11 is 3.42. The number of benzene rings is 1. The number of nitrogens with zero attached hydrogens (tertiary/aromatic N) is 2. The first kappa shape index (κ1) is 16.5. The van der Waals surface area contributed by atoms with Crippen LogP contribution in [0.4, 0.5) is 0 Å². The molecule has 0 unspecified atom stereocenters. The fraction of sp³-hybridized carbons (Fsp3) is 0.562. The molecule has 0 radical (unpaired) electrons. The van der Waals surface area contributed by atoms with Crippen LogP contribution in [-0.4, -0.2) is 62.5 Å². The van der Waals surface area contributed by atoms with E-state index in [0.717, 1.165) is 28.9 Å². The predicted octanol–water partition coefficient (Wildman–Crippen LogP) is 2.67. The molecule has 1 fully saturated rings. The monoisotopic (exact) mass is 354 g/mol. The first-order valence-corrected chi connectivity index (χ1v) is 8.17. The smallest absolute Gasteiger partial charge is 0.176 e. The van der Waals surface area contributed by atoms with Gasteiger partial charge in [-0.2, -0.15) is 0 Å². The SMILES string of the molecule is COc1ccc(C(=O)CN(C)CCN2CCCC2)cc1Br. The second-order valence-electron chi connectivity index (χ2n) is 5.56. The van der Waals surface area contributed by atoms with Gasteiger partial charge in [0.1, 0.15) is 5.75 Å². The molecule has 0 aromatic heterocycles. The van der Waals surface area contributed by atoms with Crippen molar-refractivity contribution < 1.29 is 9.53 Å². The number of likely N-dealkylation sites (tertiary alicyclic amines) is 1. The van der Waals surface area contributed by atoms with E-state index in [0.29, 0.717) is 6.54 Å². The van der Waals surface area contributed by atoms with Gasteiger partial charge in [-0.1, -0.05) is 0 Å². The molecule has 1 aromatic carbocycles. The molecule has 0 bridgehead atoms. The first-order chi connectivity index (χ1) is 10.1. The third-order valence-electron chi connectivity index (χ3n) is 3.88. The summed E-state index contributed by atoms with van der Waals surface area (Å²) in [5.74, 6) is 0.885. The van der Waals surface area contributed by atoms with Gasteiger partial charge < -0.3 is 9.64 Å². The maximum atomic E-state index is 12.3. The molecule has 2 rings (SSSR count). The number of methoxy groups -OCH3 is 1. The van der Waals surface area contributed by atoms with Crippen LogP contribution in [0.2, 0.25) is 0 Å². The normalized spacial score (nSPS) is 15.6. The molecule has 1 aromatic rings. The van der Waals surface area contributed by atoms with Crippen molar-refractivity contribution in [3.63, 3.8) is 0 Å². The molecular weight excluding hydrogens is 332 g/mol. The van der Waals surface area contributed by atoms with Gasteiger partial charge in [-0.15, -0.1) is 0 Å². The number of hydrogen-bond acceptors (Lipinski definition) is 4. The fourth-order valence-electron chi connectivity index (χ4n) is 2.57. The fourth-order valence-corrected chi connectivity index (χ4v) is 3.11. The van der Waals surface area contributed by atoms with Crippen LogP contribution in [0.25, 0.3) is 0 Å². The molecule has 0 spiro atoms. The van der Waals surface area contributed by atoms with E-state index in [4.69, 9.17) is 4.74 Å². The second kappa shape index (κ2) is 7.92. The molecular formula is C16H23BrN2O2. The minimum Gasteiger partial charge on any atom is -0.496 e. The summed E-state index contributed by atoms with van der Waals surface area (Å²) in [4.78, 5) is 16.8. The van der Waals surface area contributed by atoms with Crippen LogP contribution in [0.15, 0.2) is 22.7 Å². The van der Waals surface area contributed by atoms with Crippen molar-refractivity contribution in [2.24, 2.45) is 0 Å². The molecule has 4 nitrogen and oxygen atoms in total. The van der Waals surface area contributed by atoms with E-state index in [1.54, 1.807) is 7.11 Å². The number of likely N-dealkylation sites (N-methyl/N-ethyl adjacent to an activating group) is 1. The van der Waals surface area contributed by atoms with Gasteiger partial charge in [0.2, 0.25) is 0 Å². The average Bonchev–Trinajstić information content (AvgIpc) is 2.98. The van der Waals surface area contributed by atoms with Crippen LogP contribution in [-0.2, 0) is 0 Å². The second-order valence-corrected chi connectivity index (χ2v) is 6.41. The van der Waals surface area contributed by atoms with E-state index < -0.39 is 0 Å². The summed E-state index contributed by atoms with van der Waals surface area (Å²) in [5.41, 5.74) is 0.718. The largest absolute Gasteiger partial charge is 0.496 e. The van der Waals surface area contributed by atoms with Crippen molar-refractivity contribution >= 4 is 21.7 Å². The average molecular weight is 355 g/mol. The molecule has 0 amide bonds. The van der Waals surface area contributed by atoms with Crippen LogP contribution >= 0.6 is 15.9 Å². The van der Waals surface area contributed by atoms with Gasteiger partial charge >= 0.3 is 0 Å². The number of ether oxygens (including phenoxy) is 1. The van der Waals surface area contributed by atoms with Gasteiger partial charge in [-0.3, -0.25) is 9.69 Å². The van der Waals surface area contributed by atoms with Gasteiger partial charge in [0.05, 0.1) is 18.1 Å². The Hall–Kier alpha value is -0.910. The molecule has 0 atom stereocenters. The number of halogens is 1. The lowest BCUT2D eigenvalue weighted by atomic mass is 10.1. The van der Waals surface area contributed by atoms with Crippen LogP contribution < -0.4 is 4.74 Å². The molecule has 0 aliphatic carbocycles. The van der Waals surface area contributed by atoms with Gasteiger partial charge in [0.15, 0.2) is 5.78 Å². The van der Waals surface area contributed by atoms with Crippen LogP contribution in [0.5, 0.6) is 5.75 Å². The van der Waals surface area contributed by atoms with Crippen molar-refractivity contribution in [1.29, 1.82) is 0 Å². The molecule has 21 heavy (non-hydrogen) atoms. The van der Waals surface area contributed by atoms with Crippen LogP contribution in [0, 0.1) is 0 Å². The zero-order chi connectivity index (χ0) is 15.2. The Bertz CT molecular complexity index is 487. The van der Waals surface area contributed by atoms with E-state index in [1.807, 2.05) is 25.2 Å². The third-order valence-corrected chi connectivity index (χ3v) is 4.50. The number of carbonyl (C=O) groups is 1. The number of ketones is 1. The highest BCUT2D eigenvalue weighted by Gasteiger charge is 2.14. The van der Waals surface area contributed by atoms with E-state index in [-0.39, 0.29) is 5.78 Å². The molecule has 116 valence electrons. The van der Waals surface area contributed by atoms with Gasteiger partial charge in [0.25, 0.3) is 0 Å². The minimum atomic E-state index is 0.141. The number of carbonyl (C=O) groups excluding carboxylic acids is 1. The minimum absolute atomic E-state index is 0.141. The molecule has 1 aliphatic rings. The number of hydrogen-bond donors (Lipinski definition) is 0. The number of Topliss-reactive ketones (excluding diaryl/α,β-unsaturated/α-hetero) is 1. The zero-order valence-corrected chi connectivity index (χ0v) is 14.4. The summed E-state index contributed by atoms with van der Waals surface area (Å²) in [6, 6.07) is 5.47. The molecule has 0 saturated carbocycles. The quantitative estimate of drug-likeness (QED) is 0.704. The van der Waals surface area contributed by atoms with Crippen molar-refractivity contribution in [1.82, 2.24) is 9.80 Å². The Labute approximate surface area is 135 Å². The van der Waals surface area contributed by atoms with Crippen molar-refractivity contribution in [3.8, 4) is 5.75 Å². The summed E-state index contributed by atoms with van der Waals surface area (Å²) in [5, 5.41) is 0. The van der Waals surface area contributed by atoms with Gasteiger partial charge in [0, 0.05) is 18.7 Å². The maximum Gasteiger partial charge on any atom is 0.176 e. The van der Waals surface area contributed by atoms with Gasteiger partial charge in [-0.25, -0.2) is 0 Å². The predicted molar refractivity (Wildman–Crippen MR) is 88.2 cm³/mol. The highest BCUT2D eigenvalue weighted by Crippen LogP contribution is 2.25. The highest BCUT2D eigenvalue weighted by atomic mass is 79.9. The van der Waals surface area contributed by atoms with Crippen LogP contribution in [0.3, 0.4) is 0 Å². The van der Waals surface area contributed by atoms with Crippen molar-refractivity contribution in [2.75, 3.05) is 46.9 Å². The summed E-state index contributed by atoms with van der Waals surface area (Å²) in [6.07, 6.45) is 2.62. The molecule has 1 heterocycles. The lowest BCUT2D eigenvalue weighted by Gasteiger charge is -2.20. The lowest BCUT2D eigenvalue weighted by molar-refractivity contribution is 0.0941. The molecule has 5 heteroatoms. The first-order valence-electron chi connectivity index (χ1n) is 7.38. The van der Waals surface area contributed by atoms with Crippen molar-refractivity contribution in [3.05, 3.63) is 28.2 Å².